The number of aromatic amines is 1. The summed E-state index contributed by atoms with van der Waals surface area (Å²) in [6, 6.07) is 8.37. The van der Waals surface area contributed by atoms with Crippen LogP contribution in [0.25, 0.3) is 12.2 Å². The number of hydrogen-bond acceptors (Lipinski definition) is 4. The molecular weight excluding hydrogens is 232 g/mol. The van der Waals surface area contributed by atoms with Gasteiger partial charge in [0.15, 0.2) is 5.69 Å². The van der Waals surface area contributed by atoms with Gasteiger partial charge in [0.25, 0.3) is 0 Å². The van der Waals surface area contributed by atoms with Crippen LogP contribution in [0.5, 0.6) is 5.75 Å². The van der Waals surface area contributed by atoms with Crippen LogP contribution in [0.4, 0.5) is 0 Å². The first-order valence-corrected chi connectivity index (χ1v) is 5.30. The Morgan fingerprint density at radius 3 is 2.72 bits per heavy atom. The second kappa shape index (κ2) is 5.18. The van der Waals surface area contributed by atoms with Gasteiger partial charge in [-0.2, -0.15) is 5.10 Å². The van der Waals surface area contributed by atoms with Crippen molar-refractivity contribution in [3.63, 3.8) is 0 Å². The van der Waals surface area contributed by atoms with E-state index in [1.807, 2.05) is 6.08 Å². The van der Waals surface area contributed by atoms with Crippen LogP contribution in [-0.4, -0.2) is 28.4 Å². The van der Waals surface area contributed by atoms with Gasteiger partial charge in [-0.05, 0) is 29.8 Å². The summed E-state index contributed by atoms with van der Waals surface area (Å²) in [5.74, 6) is -0.253. The van der Waals surface area contributed by atoms with Crippen molar-refractivity contribution in [2.24, 2.45) is 0 Å². The summed E-state index contributed by atoms with van der Waals surface area (Å²) in [7, 11) is 1.31. The van der Waals surface area contributed by atoms with E-state index in [0.717, 1.165) is 5.56 Å². The quantitative estimate of drug-likeness (QED) is 0.810. The van der Waals surface area contributed by atoms with Gasteiger partial charge in [-0.3, -0.25) is 5.10 Å². The Hall–Kier alpha value is -2.56. The molecule has 0 atom stereocenters. The number of H-pyrrole nitrogens is 1. The van der Waals surface area contributed by atoms with E-state index in [4.69, 9.17) is 5.11 Å². The zero-order valence-corrected chi connectivity index (χ0v) is 9.75. The van der Waals surface area contributed by atoms with Gasteiger partial charge in [-0.25, -0.2) is 4.79 Å². The molecule has 5 heteroatoms. The molecule has 0 aliphatic rings. The highest BCUT2D eigenvalue weighted by molar-refractivity contribution is 5.88. The lowest BCUT2D eigenvalue weighted by Crippen LogP contribution is -2.00. The van der Waals surface area contributed by atoms with E-state index in [1.165, 1.54) is 7.11 Å². The van der Waals surface area contributed by atoms with Crippen molar-refractivity contribution in [3.8, 4) is 5.75 Å². The van der Waals surface area contributed by atoms with Crippen LogP contribution >= 0.6 is 0 Å². The number of benzene rings is 1. The van der Waals surface area contributed by atoms with Crippen LogP contribution in [0, 0.1) is 0 Å². The van der Waals surface area contributed by atoms with Crippen LogP contribution in [0.1, 0.15) is 21.7 Å². The maximum absolute atomic E-state index is 11.2. The molecule has 0 fully saturated rings. The lowest BCUT2D eigenvalue weighted by atomic mass is 10.2. The highest BCUT2D eigenvalue weighted by atomic mass is 16.5. The number of carbonyl (C=O) groups excluding carboxylic acids is 1. The summed E-state index contributed by atoms with van der Waals surface area (Å²) in [5, 5.41) is 15.7. The number of methoxy groups -OCH3 is 1. The molecule has 0 saturated heterocycles. The van der Waals surface area contributed by atoms with Gasteiger partial charge in [0.05, 0.1) is 12.8 Å². The lowest BCUT2D eigenvalue weighted by Gasteiger charge is -1.93. The number of aromatic nitrogens is 2. The molecule has 18 heavy (non-hydrogen) atoms. The van der Waals surface area contributed by atoms with Crippen LogP contribution in [0.2, 0.25) is 0 Å². The Balaban J connectivity index is 2.11. The Morgan fingerprint density at radius 1 is 1.33 bits per heavy atom. The predicted octanol–water partition coefficient (Wildman–Crippen LogP) is 2.07. The molecule has 2 aromatic rings. The molecule has 0 spiro atoms. The smallest absolute Gasteiger partial charge is 0.358 e. The van der Waals surface area contributed by atoms with Crippen molar-refractivity contribution in [2.75, 3.05) is 7.11 Å². The molecule has 0 aliphatic heterocycles. The van der Waals surface area contributed by atoms with Crippen molar-refractivity contribution in [1.29, 1.82) is 0 Å². The lowest BCUT2D eigenvalue weighted by molar-refractivity contribution is 0.0594. The fraction of sp³-hybridized carbons (Fsp3) is 0.0769. The van der Waals surface area contributed by atoms with Crippen molar-refractivity contribution >= 4 is 18.1 Å². The Kier molecular flexibility index (Phi) is 3.43. The molecule has 2 N–H and O–H groups in total. The summed E-state index contributed by atoms with van der Waals surface area (Å²) >= 11 is 0. The first-order valence-electron chi connectivity index (χ1n) is 5.30. The van der Waals surface area contributed by atoms with Gasteiger partial charge in [0.1, 0.15) is 5.75 Å². The molecule has 5 nitrogen and oxygen atoms in total. The van der Waals surface area contributed by atoms with E-state index in [0.29, 0.717) is 5.69 Å². The minimum Gasteiger partial charge on any atom is -0.508 e. The second-order valence-corrected chi connectivity index (χ2v) is 3.62. The molecule has 0 saturated carbocycles. The molecule has 1 heterocycles. The number of rotatable bonds is 3. The second-order valence-electron chi connectivity index (χ2n) is 3.62. The highest BCUT2D eigenvalue weighted by Crippen LogP contribution is 2.12. The number of hydrogen-bond donors (Lipinski definition) is 2. The molecule has 1 aromatic carbocycles. The average Bonchev–Trinajstić information content (AvgIpc) is 2.86. The van der Waals surface area contributed by atoms with Crippen LogP contribution in [-0.2, 0) is 4.74 Å². The molecule has 0 amide bonds. The van der Waals surface area contributed by atoms with E-state index in [-0.39, 0.29) is 11.4 Å². The Bertz CT molecular complexity index is 570. The van der Waals surface area contributed by atoms with Crippen molar-refractivity contribution in [2.45, 2.75) is 0 Å². The van der Waals surface area contributed by atoms with Gasteiger partial charge in [-0.1, -0.05) is 18.2 Å². The van der Waals surface area contributed by atoms with E-state index in [1.54, 1.807) is 36.4 Å². The third-order valence-electron chi connectivity index (χ3n) is 2.34. The molecular formula is C13H12N2O3. The topological polar surface area (TPSA) is 75.2 Å². The number of nitrogens with one attached hydrogen (secondary N) is 1. The molecule has 0 aliphatic carbocycles. The van der Waals surface area contributed by atoms with Crippen LogP contribution in [0.3, 0.4) is 0 Å². The summed E-state index contributed by atoms with van der Waals surface area (Å²) in [4.78, 5) is 11.2. The number of esters is 1. The SMILES string of the molecule is COC(=O)c1cc(C=Cc2ccc(O)cc2)[nH]n1. The number of aromatic hydroxyl groups is 1. The van der Waals surface area contributed by atoms with Gasteiger partial charge in [-0.15, -0.1) is 0 Å². The average molecular weight is 244 g/mol. The molecule has 0 unspecified atom stereocenters. The molecule has 0 bridgehead atoms. The highest BCUT2D eigenvalue weighted by Gasteiger charge is 2.08. The summed E-state index contributed by atoms with van der Waals surface area (Å²) in [6.45, 7) is 0. The van der Waals surface area contributed by atoms with Gasteiger partial charge in [0.2, 0.25) is 0 Å². The predicted molar refractivity (Wildman–Crippen MR) is 67.0 cm³/mol. The molecule has 0 radical (unpaired) electrons. The van der Waals surface area contributed by atoms with Crippen molar-refractivity contribution < 1.29 is 14.6 Å². The minimum atomic E-state index is -0.476. The van der Waals surface area contributed by atoms with Gasteiger partial charge >= 0.3 is 5.97 Å². The van der Waals surface area contributed by atoms with Crippen molar-refractivity contribution in [3.05, 3.63) is 47.3 Å². The number of phenols is 1. The zero-order chi connectivity index (χ0) is 13.0. The number of carbonyl (C=O) groups is 1. The van der Waals surface area contributed by atoms with Crippen molar-refractivity contribution in [1.82, 2.24) is 10.2 Å². The van der Waals surface area contributed by atoms with Crippen LogP contribution < -0.4 is 0 Å². The Morgan fingerprint density at radius 2 is 2.06 bits per heavy atom. The maximum Gasteiger partial charge on any atom is 0.358 e. The van der Waals surface area contributed by atoms with E-state index >= 15 is 0 Å². The van der Waals surface area contributed by atoms with E-state index < -0.39 is 5.97 Å². The number of nitrogens with zero attached hydrogens (tertiary/aromatic N) is 1. The first kappa shape index (κ1) is 11.9. The molecule has 1 aromatic heterocycles. The van der Waals surface area contributed by atoms with E-state index in [9.17, 15) is 4.79 Å². The number of ether oxygens (including phenoxy) is 1. The van der Waals surface area contributed by atoms with Gasteiger partial charge < -0.3 is 9.84 Å². The normalized spacial score (nSPS) is 10.7. The minimum absolute atomic E-state index is 0.224. The monoisotopic (exact) mass is 244 g/mol. The number of phenolic OH excluding ortho intramolecular Hbond substituents is 1. The van der Waals surface area contributed by atoms with E-state index in [2.05, 4.69) is 14.9 Å². The fourth-order valence-corrected chi connectivity index (χ4v) is 1.40. The third kappa shape index (κ3) is 2.76. The summed E-state index contributed by atoms with van der Waals surface area (Å²) in [6.07, 6.45) is 3.62. The standard InChI is InChI=1S/C13H12N2O3/c1-18-13(17)12-8-10(14-15-12)5-2-9-3-6-11(16)7-4-9/h2-8,16H,1H3,(H,14,15). The first-order chi connectivity index (χ1) is 8.69. The zero-order valence-electron chi connectivity index (χ0n) is 9.75. The molecule has 92 valence electrons. The summed E-state index contributed by atoms with van der Waals surface area (Å²) < 4.78 is 4.55. The fourth-order valence-electron chi connectivity index (χ4n) is 1.40. The third-order valence-corrected chi connectivity index (χ3v) is 2.34. The maximum atomic E-state index is 11.2. The Labute approximate surface area is 104 Å². The summed E-state index contributed by atoms with van der Waals surface area (Å²) in [5.41, 5.74) is 1.87. The largest absolute Gasteiger partial charge is 0.508 e. The van der Waals surface area contributed by atoms with Crippen LogP contribution in [0.15, 0.2) is 30.3 Å². The van der Waals surface area contributed by atoms with Gasteiger partial charge in [0, 0.05) is 0 Å². The molecule has 2 rings (SSSR count).